The fourth-order valence-corrected chi connectivity index (χ4v) is 2.06. The standard InChI is InChI=1S/C10H14N4.ClH/c1-7-12-9-6-11-5-8(9)10(13-7)14-3-2-4-14;/h11H,2-6H2,1H3;1H. The lowest BCUT2D eigenvalue weighted by molar-refractivity contribution is 0.604. The Morgan fingerprint density at radius 2 is 2.00 bits per heavy atom. The SMILES string of the molecule is Cc1nc2c(c(N3CCC3)n1)CNC2.Cl. The van der Waals surface area contributed by atoms with E-state index in [2.05, 4.69) is 20.2 Å². The van der Waals surface area contributed by atoms with Crippen LogP contribution in [0.5, 0.6) is 0 Å². The molecule has 2 aliphatic rings. The maximum atomic E-state index is 4.54. The zero-order valence-corrected chi connectivity index (χ0v) is 9.60. The second-order valence-corrected chi connectivity index (χ2v) is 3.96. The quantitative estimate of drug-likeness (QED) is 0.777. The Hall–Kier alpha value is -0.870. The highest BCUT2D eigenvalue weighted by Crippen LogP contribution is 2.27. The van der Waals surface area contributed by atoms with Crippen LogP contribution in [0.15, 0.2) is 0 Å². The van der Waals surface area contributed by atoms with E-state index in [4.69, 9.17) is 0 Å². The highest BCUT2D eigenvalue weighted by atomic mass is 35.5. The number of nitrogens with one attached hydrogen (secondary N) is 1. The molecule has 0 aliphatic carbocycles. The molecule has 3 rings (SSSR count). The van der Waals surface area contributed by atoms with Crippen LogP contribution in [0.25, 0.3) is 0 Å². The first-order chi connectivity index (χ1) is 6.84. The lowest BCUT2D eigenvalue weighted by Crippen LogP contribution is -2.38. The highest BCUT2D eigenvalue weighted by molar-refractivity contribution is 5.85. The number of fused-ring (bicyclic) bond motifs is 1. The smallest absolute Gasteiger partial charge is 0.137 e. The molecule has 0 radical (unpaired) electrons. The summed E-state index contributed by atoms with van der Waals surface area (Å²) in [7, 11) is 0. The second-order valence-electron chi connectivity index (χ2n) is 3.96. The number of halogens is 1. The Balaban J connectivity index is 0.000000853. The number of nitrogens with zero attached hydrogens (tertiary/aromatic N) is 3. The van der Waals surface area contributed by atoms with E-state index in [9.17, 15) is 0 Å². The van der Waals surface area contributed by atoms with E-state index < -0.39 is 0 Å². The van der Waals surface area contributed by atoms with Gasteiger partial charge in [-0.15, -0.1) is 12.4 Å². The van der Waals surface area contributed by atoms with Crippen molar-refractivity contribution in [1.29, 1.82) is 0 Å². The van der Waals surface area contributed by atoms with Crippen LogP contribution in [-0.2, 0) is 13.1 Å². The monoisotopic (exact) mass is 226 g/mol. The van der Waals surface area contributed by atoms with Crippen LogP contribution in [0.4, 0.5) is 5.82 Å². The summed E-state index contributed by atoms with van der Waals surface area (Å²) in [6, 6.07) is 0. The fraction of sp³-hybridized carbons (Fsp3) is 0.600. The third kappa shape index (κ3) is 1.68. The number of hydrogen-bond acceptors (Lipinski definition) is 4. The van der Waals surface area contributed by atoms with Crippen molar-refractivity contribution in [2.45, 2.75) is 26.4 Å². The van der Waals surface area contributed by atoms with Crippen LogP contribution in [0.2, 0.25) is 0 Å². The predicted molar refractivity (Wildman–Crippen MR) is 61.4 cm³/mol. The Kier molecular flexibility index (Phi) is 2.80. The summed E-state index contributed by atoms with van der Waals surface area (Å²) in [5.74, 6) is 2.07. The van der Waals surface area contributed by atoms with Gasteiger partial charge in [0.25, 0.3) is 0 Å². The average molecular weight is 227 g/mol. The molecule has 0 saturated carbocycles. The second kappa shape index (κ2) is 3.94. The van der Waals surface area contributed by atoms with Gasteiger partial charge in [0.05, 0.1) is 5.69 Å². The topological polar surface area (TPSA) is 41.1 Å². The first kappa shape index (κ1) is 10.6. The van der Waals surface area contributed by atoms with Gasteiger partial charge in [-0.1, -0.05) is 0 Å². The van der Waals surface area contributed by atoms with Gasteiger partial charge in [0.1, 0.15) is 11.6 Å². The van der Waals surface area contributed by atoms with E-state index in [1.165, 1.54) is 23.5 Å². The number of aryl methyl sites for hydroxylation is 1. The maximum absolute atomic E-state index is 4.54. The summed E-state index contributed by atoms with van der Waals surface area (Å²) in [4.78, 5) is 11.3. The van der Waals surface area contributed by atoms with Gasteiger partial charge >= 0.3 is 0 Å². The number of rotatable bonds is 1. The average Bonchev–Trinajstić information content (AvgIpc) is 2.47. The zero-order valence-electron chi connectivity index (χ0n) is 8.79. The lowest BCUT2D eigenvalue weighted by Gasteiger charge is -2.33. The van der Waals surface area contributed by atoms with Crippen molar-refractivity contribution in [3.8, 4) is 0 Å². The number of anilines is 1. The zero-order chi connectivity index (χ0) is 9.54. The maximum Gasteiger partial charge on any atom is 0.137 e. The molecule has 5 heteroatoms. The summed E-state index contributed by atoms with van der Waals surface area (Å²) in [5.41, 5.74) is 2.51. The first-order valence-electron chi connectivity index (χ1n) is 5.16. The van der Waals surface area contributed by atoms with Gasteiger partial charge in [0.15, 0.2) is 0 Å². The first-order valence-corrected chi connectivity index (χ1v) is 5.16. The minimum absolute atomic E-state index is 0. The molecule has 3 heterocycles. The number of aromatic nitrogens is 2. The van der Waals surface area contributed by atoms with Crippen LogP contribution >= 0.6 is 12.4 Å². The molecule has 0 atom stereocenters. The summed E-state index contributed by atoms with van der Waals surface area (Å²) in [6.45, 7) is 6.12. The van der Waals surface area contributed by atoms with Crippen molar-refractivity contribution in [2.24, 2.45) is 0 Å². The minimum atomic E-state index is 0. The molecule has 0 bridgehead atoms. The summed E-state index contributed by atoms with van der Waals surface area (Å²) in [5, 5.41) is 3.33. The third-order valence-electron chi connectivity index (χ3n) is 2.93. The van der Waals surface area contributed by atoms with Crippen molar-refractivity contribution < 1.29 is 0 Å². The van der Waals surface area contributed by atoms with E-state index in [0.717, 1.165) is 32.0 Å². The van der Waals surface area contributed by atoms with E-state index in [0.29, 0.717) is 0 Å². The van der Waals surface area contributed by atoms with E-state index in [-0.39, 0.29) is 12.4 Å². The van der Waals surface area contributed by atoms with Crippen molar-refractivity contribution in [1.82, 2.24) is 15.3 Å². The molecule has 1 aromatic rings. The molecule has 1 N–H and O–H groups in total. The molecule has 0 aromatic carbocycles. The third-order valence-corrected chi connectivity index (χ3v) is 2.93. The molecule has 1 fully saturated rings. The summed E-state index contributed by atoms with van der Waals surface area (Å²) < 4.78 is 0. The van der Waals surface area contributed by atoms with Crippen LogP contribution < -0.4 is 10.2 Å². The van der Waals surface area contributed by atoms with Gasteiger partial charge in [-0.2, -0.15) is 0 Å². The van der Waals surface area contributed by atoms with Crippen LogP contribution in [0, 0.1) is 6.92 Å². The van der Waals surface area contributed by atoms with E-state index >= 15 is 0 Å². The molecule has 0 spiro atoms. The van der Waals surface area contributed by atoms with Crippen LogP contribution in [0.1, 0.15) is 23.5 Å². The molecular weight excluding hydrogens is 212 g/mol. The van der Waals surface area contributed by atoms with Crippen molar-refractivity contribution >= 4 is 18.2 Å². The van der Waals surface area contributed by atoms with Crippen LogP contribution in [-0.4, -0.2) is 23.1 Å². The molecule has 1 saturated heterocycles. The molecular formula is C10H15ClN4. The van der Waals surface area contributed by atoms with Crippen LogP contribution in [0.3, 0.4) is 0 Å². The Morgan fingerprint density at radius 1 is 1.20 bits per heavy atom. The van der Waals surface area contributed by atoms with Gasteiger partial charge in [0, 0.05) is 31.7 Å². The molecule has 4 nitrogen and oxygen atoms in total. The summed E-state index contributed by atoms with van der Waals surface area (Å²) in [6.07, 6.45) is 1.30. The molecule has 82 valence electrons. The lowest BCUT2D eigenvalue weighted by atomic mass is 10.1. The highest BCUT2D eigenvalue weighted by Gasteiger charge is 2.24. The van der Waals surface area contributed by atoms with Gasteiger partial charge < -0.3 is 10.2 Å². The molecule has 15 heavy (non-hydrogen) atoms. The molecule has 0 amide bonds. The molecule has 1 aromatic heterocycles. The largest absolute Gasteiger partial charge is 0.356 e. The predicted octanol–water partition coefficient (Wildman–Crippen LogP) is 1.02. The Morgan fingerprint density at radius 3 is 2.67 bits per heavy atom. The van der Waals surface area contributed by atoms with Crippen molar-refractivity contribution in [3.05, 3.63) is 17.1 Å². The number of hydrogen-bond donors (Lipinski definition) is 1. The van der Waals surface area contributed by atoms with Gasteiger partial charge in [-0.25, -0.2) is 9.97 Å². The van der Waals surface area contributed by atoms with E-state index in [1.54, 1.807) is 0 Å². The van der Waals surface area contributed by atoms with Crippen molar-refractivity contribution in [3.63, 3.8) is 0 Å². The minimum Gasteiger partial charge on any atom is -0.356 e. The van der Waals surface area contributed by atoms with E-state index in [1.807, 2.05) is 6.92 Å². The van der Waals surface area contributed by atoms with Gasteiger partial charge in [0.2, 0.25) is 0 Å². The Labute approximate surface area is 95.5 Å². The Bertz CT molecular complexity index is 376. The van der Waals surface area contributed by atoms with Gasteiger partial charge in [-0.3, -0.25) is 0 Å². The van der Waals surface area contributed by atoms with Crippen molar-refractivity contribution in [2.75, 3.05) is 18.0 Å². The molecule has 0 unspecified atom stereocenters. The normalized spacial score (nSPS) is 18.1. The van der Waals surface area contributed by atoms with Gasteiger partial charge in [-0.05, 0) is 13.3 Å². The fourth-order valence-electron chi connectivity index (χ4n) is 2.06. The summed E-state index contributed by atoms with van der Waals surface area (Å²) >= 11 is 0. The molecule has 2 aliphatic heterocycles.